The number of hydrogen-bond donors (Lipinski definition) is 2. The van der Waals surface area contributed by atoms with Crippen molar-refractivity contribution in [2.24, 2.45) is 0 Å². The number of H-pyrrole nitrogens is 1. The van der Waals surface area contributed by atoms with Crippen LogP contribution in [-0.4, -0.2) is 26.9 Å². The molecule has 2 aromatic heterocycles. The predicted octanol–water partition coefficient (Wildman–Crippen LogP) is 1.71. The third-order valence-corrected chi connectivity index (χ3v) is 3.91. The molecule has 2 N–H and O–H groups in total. The lowest BCUT2D eigenvalue weighted by Gasteiger charge is -2.22. The zero-order valence-electron chi connectivity index (χ0n) is 11.7. The first kappa shape index (κ1) is 12.8. The SMILES string of the molecule is Cc1ccc(C(=O)NC2CCc3nc[nH]c3C2)nc1C. The van der Waals surface area contributed by atoms with Crippen LogP contribution in [0.2, 0.25) is 0 Å². The molecule has 1 atom stereocenters. The molecule has 2 aromatic rings. The van der Waals surface area contributed by atoms with E-state index in [0.717, 1.165) is 41.9 Å². The van der Waals surface area contributed by atoms with Crippen molar-refractivity contribution < 1.29 is 4.79 Å². The first-order valence-electron chi connectivity index (χ1n) is 6.89. The number of nitrogens with one attached hydrogen (secondary N) is 2. The van der Waals surface area contributed by atoms with Gasteiger partial charge in [0.25, 0.3) is 5.91 Å². The van der Waals surface area contributed by atoms with Crippen LogP contribution in [0.1, 0.15) is 39.6 Å². The average molecular weight is 270 g/mol. The van der Waals surface area contributed by atoms with E-state index in [9.17, 15) is 4.79 Å². The molecule has 1 aliphatic rings. The van der Waals surface area contributed by atoms with Gasteiger partial charge in [0.15, 0.2) is 0 Å². The van der Waals surface area contributed by atoms with E-state index in [0.29, 0.717) is 5.69 Å². The van der Waals surface area contributed by atoms with Gasteiger partial charge in [-0.2, -0.15) is 0 Å². The summed E-state index contributed by atoms with van der Waals surface area (Å²) in [5, 5.41) is 3.06. The number of carbonyl (C=O) groups is 1. The second kappa shape index (κ2) is 5.07. The number of carbonyl (C=O) groups excluding carboxylic acids is 1. The summed E-state index contributed by atoms with van der Waals surface area (Å²) < 4.78 is 0. The van der Waals surface area contributed by atoms with Gasteiger partial charge in [-0.15, -0.1) is 0 Å². The van der Waals surface area contributed by atoms with Gasteiger partial charge < -0.3 is 10.3 Å². The third kappa shape index (κ3) is 2.43. The lowest BCUT2D eigenvalue weighted by molar-refractivity contribution is 0.0928. The lowest BCUT2D eigenvalue weighted by Crippen LogP contribution is -2.39. The summed E-state index contributed by atoms with van der Waals surface area (Å²) in [5.74, 6) is -0.0962. The maximum atomic E-state index is 12.2. The fraction of sp³-hybridized carbons (Fsp3) is 0.400. The van der Waals surface area contributed by atoms with Crippen molar-refractivity contribution in [1.29, 1.82) is 0 Å². The molecule has 5 nitrogen and oxygen atoms in total. The molecule has 0 fully saturated rings. The highest BCUT2D eigenvalue weighted by atomic mass is 16.1. The van der Waals surface area contributed by atoms with Crippen LogP contribution in [-0.2, 0) is 12.8 Å². The van der Waals surface area contributed by atoms with Gasteiger partial charge in [0.1, 0.15) is 5.69 Å². The van der Waals surface area contributed by atoms with Crippen molar-refractivity contribution in [2.45, 2.75) is 39.2 Å². The van der Waals surface area contributed by atoms with E-state index < -0.39 is 0 Å². The van der Waals surface area contributed by atoms with E-state index in [4.69, 9.17) is 0 Å². The number of imidazole rings is 1. The highest BCUT2D eigenvalue weighted by Gasteiger charge is 2.22. The van der Waals surface area contributed by atoms with E-state index in [2.05, 4.69) is 20.3 Å². The monoisotopic (exact) mass is 270 g/mol. The van der Waals surface area contributed by atoms with Crippen molar-refractivity contribution >= 4 is 5.91 Å². The number of aromatic nitrogens is 3. The fourth-order valence-corrected chi connectivity index (χ4v) is 2.54. The van der Waals surface area contributed by atoms with E-state index in [1.165, 1.54) is 0 Å². The molecule has 1 aliphatic carbocycles. The molecule has 0 saturated heterocycles. The molecule has 2 heterocycles. The minimum atomic E-state index is -0.0962. The smallest absolute Gasteiger partial charge is 0.270 e. The summed E-state index contributed by atoms with van der Waals surface area (Å²) in [6, 6.07) is 3.87. The molecule has 0 bridgehead atoms. The summed E-state index contributed by atoms with van der Waals surface area (Å²) in [6.07, 6.45) is 4.37. The van der Waals surface area contributed by atoms with Crippen LogP contribution in [0, 0.1) is 13.8 Å². The van der Waals surface area contributed by atoms with Crippen molar-refractivity contribution in [3.63, 3.8) is 0 Å². The van der Waals surface area contributed by atoms with Crippen LogP contribution in [0.5, 0.6) is 0 Å². The van der Waals surface area contributed by atoms with Crippen LogP contribution in [0.3, 0.4) is 0 Å². The molecule has 0 radical (unpaired) electrons. The number of aryl methyl sites for hydroxylation is 3. The summed E-state index contributed by atoms with van der Waals surface area (Å²) in [5.41, 5.74) is 4.75. The molecule has 5 heteroatoms. The summed E-state index contributed by atoms with van der Waals surface area (Å²) in [7, 11) is 0. The Labute approximate surface area is 117 Å². The van der Waals surface area contributed by atoms with Gasteiger partial charge in [-0.25, -0.2) is 9.97 Å². The highest BCUT2D eigenvalue weighted by Crippen LogP contribution is 2.18. The van der Waals surface area contributed by atoms with Gasteiger partial charge in [0.2, 0.25) is 0 Å². The Morgan fingerprint density at radius 1 is 1.40 bits per heavy atom. The normalized spacial score (nSPS) is 17.6. The Kier molecular flexibility index (Phi) is 3.26. The predicted molar refractivity (Wildman–Crippen MR) is 75.6 cm³/mol. The molecule has 0 aliphatic heterocycles. The largest absolute Gasteiger partial charge is 0.348 e. The highest BCUT2D eigenvalue weighted by molar-refractivity contribution is 5.92. The van der Waals surface area contributed by atoms with Crippen molar-refractivity contribution in [3.05, 3.63) is 46.8 Å². The van der Waals surface area contributed by atoms with Crippen LogP contribution in [0.25, 0.3) is 0 Å². The standard InChI is InChI=1S/C15H18N4O/c1-9-3-5-13(18-10(9)2)15(20)19-11-4-6-12-14(7-11)17-8-16-12/h3,5,8,11H,4,6-7H2,1-2H3,(H,16,17)(H,19,20). The number of fused-ring (bicyclic) bond motifs is 1. The van der Waals surface area contributed by atoms with Gasteiger partial charge in [-0.05, 0) is 38.3 Å². The molecule has 0 saturated carbocycles. The number of aromatic amines is 1. The van der Waals surface area contributed by atoms with Crippen molar-refractivity contribution in [3.8, 4) is 0 Å². The second-order valence-electron chi connectivity index (χ2n) is 5.34. The van der Waals surface area contributed by atoms with Gasteiger partial charge in [0, 0.05) is 23.9 Å². The number of amides is 1. The van der Waals surface area contributed by atoms with E-state index in [1.807, 2.05) is 19.9 Å². The van der Waals surface area contributed by atoms with Gasteiger partial charge >= 0.3 is 0 Å². The molecule has 20 heavy (non-hydrogen) atoms. The molecule has 1 unspecified atom stereocenters. The minimum absolute atomic E-state index is 0.0962. The number of hydrogen-bond acceptors (Lipinski definition) is 3. The van der Waals surface area contributed by atoms with Crippen molar-refractivity contribution in [1.82, 2.24) is 20.3 Å². The van der Waals surface area contributed by atoms with E-state index in [1.54, 1.807) is 12.4 Å². The van der Waals surface area contributed by atoms with Crippen LogP contribution < -0.4 is 5.32 Å². The van der Waals surface area contributed by atoms with Gasteiger partial charge in [0.05, 0.1) is 12.0 Å². The van der Waals surface area contributed by atoms with Gasteiger partial charge in [-0.3, -0.25) is 4.79 Å². The van der Waals surface area contributed by atoms with E-state index >= 15 is 0 Å². The van der Waals surface area contributed by atoms with Crippen LogP contribution >= 0.6 is 0 Å². The Morgan fingerprint density at radius 3 is 3.05 bits per heavy atom. The topological polar surface area (TPSA) is 70.7 Å². The first-order chi connectivity index (χ1) is 9.63. The second-order valence-corrected chi connectivity index (χ2v) is 5.34. The molecule has 3 rings (SSSR count). The maximum Gasteiger partial charge on any atom is 0.270 e. The number of rotatable bonds is 2. The lowest BCUT2D eigenvalue weighted by atomic mass is 9.96. The molecule has 1 amide bonds. The zero-order chi connectivity index (χ0) is 14.1. The molecule has 0 spiro atoms. The number of pyridine rings is 1. The molecular formula is C15H18N4O. The van der Waals surface area contributed by atoms with Crippen molar-refractivity contribution in [2.75, 3.05) is 0 Å². The molecule has 104 valence electrons. The van der Waals surface area contributed by atoms with Crippen LogP contribution in [0.4, 0.5) is 0 Å². The Morgan fingerprint density at radius 2 is 2.25 bits per heavy atom. The summed E-state index contributed by atoms with van der Waals surface area (Å²) in [6.45, 7) is 3.91. The Balaban J connectivity index is 1.69. The van der Waals surface area contributed by atoms with E-state index in [-0.39, 0.29) is 11.9 Å². The Bertz CT molecular complexity index is 647. The molecule has 0 aromatic carbocycles. The summed E-state index contributed by atoms with van der Waals surface area (Å²) >= 11 is 0. The third-order valence-electron chi connectivity index (χ3n) is 3.91. The average Bonchev–Trinajstić information content (AvgIpc) is 2.89. The number of nitrogens with zero attached hydrogens (tertiary/aromatic N) is 2. The molecular weight excluding hydrogens is 252 g/mol. The fourth-order valence-electron chi connectivity index (χ4n) is 2.54. The minimum Gasteiger partial charge on any atom is -0.348 e. The summed E-state index contributed by atoms with van der Waals surface area (Å²) in [4.78, 5) is 24.0. The van der Waals surface area contributed by atoms with Gasteiger partial charge in [-0.1, -0.05) is 6.07 Å². The quantitative estimate of drug-likeness (QED) is 0.872. The first-order valence-corrected chi connectivity index (χ1v) is 6.89. The Hall–Kier alpha value is -2.17. The zero-order valence-corrected chi connectivity index (χ0v) is 11.7. The maximum absolute atomic E-state index is 12.2. The van der Waals surface area contributed by atoms with Crippen LogP contribution in [0.15, 0.2) is 18.5 Å².